The van der Waals surface area contributed by atoms with Crippen molar-refractivity contribution in [2.45, 2.75) is 33.1 Å². The summed E-state index contributed by atoms with van der Waals surface area (Å²) in [6.45, 7) is 8.79. The number of rotatable bonds is 8. The van der Waals surface area contributed by atoms with Crippen molar-refractivity contribution in [2.75, 3.05) is 13.7 Å². The van der Waals surface area contributed by atoms with Crippen LogP contribution in [0.5, 0.6) is 17.2 Å². The average molecular weight is 475 g/mol. The molecule has 0 unspecified atom stereocenters. The molecular formula is C28H30N2O5. The lowest BCUT2D eigenvalue weighted by atomic mass is 9.87. The van der Waals surface area contributed by atoms with Crippen molar-refractivity contribution in [3.8, 4) is 17.2 Å². The zero-order valence-corrected chi connectivity index (χ0v) is 20.6. The third-order valence-electron chi connectivity index (χ3n) is 5.18. The van der Waals surface area contributed by atoms with Crippen LogP contribution in [0.1, 0.15) is 59.5 Å². The minimum absolute atomic E-state index is 0.0148. The summed E-state index contributed by atoms with van der Waals surface area (Å²) in [6, 6.07) is 19.1. The zero-order valence-electron chi connectivity index (χ0n) is 20.6. The maximum Gasteiger partial charge on any atom is 0.343 e. The van der Waals surface area contributed by atoms with Crippen LogP contribution in [-0.4, -0.2) is 31.8 Å². The number of amides is 1. The second-order valence-corrected chi connectivity index (χ2v) is 8.78. The van der Waals surface area contributed by atoms with Gasteiger partial charge in [-0.05, 0) is 78.1 Å². The summed E-state index contributed by atoms with van der Waals surface area (Å²) in [5.74, 6) is 0.482. The Bertz CT molecular complexity index is 1190. The molecule has 3 rings (SSSR count). The smallest absolute Gasteiger partial charge is 0.343 e. The second-order valence-electron chi connectivity index (χ2n) is 8.78. The van der Waals surface area contributed by atoms with Gasteiger partial charge in [0.1, 0.15) is 5.75 Å². The summed E-state index contributed by atoms with van der Waals surface area (Å²) in [6.07, 6.45) is 1.49. The van der Waals surface area contributed by atoms with E-state index in [1.54, 1.807) is 54.6 Å². The highest BCUT2D eigenvalue weighted by molar-refractivity contribution is 5.95. The van der Waals surface area contributed by atoms with E-state index in [4.69, 9.17) is 14.2 Å². The summed E-state index contributed by atoms with van der Waals surface area (Å²) >= 11 is 0. The van der Waals surface area contributed by atoms with Crippen molar-refractivity contribution in [2.24, 2.45) is 5.10 Å². The molecule has 3 aromatic carbocycles. The van der Waals surface area contributed by atoms with Crippen molar-refractivity contribution in [3.05, 3.63) is 89.0 Å². The van der Waals surface area contributed by atoms with Crippen molar-refractivity contribution in [1.29, 1.82) is 0 Å². The van der Waals surface area contributed by atoms with Gasteiger partial charge in [-0.3, -0.25) is 4.79 Å². The lowest BCUT2D eigenvalue weighted by Gasteiger charge is -2.18. The lowest BCUT2D eigenvalue weighted by molar-refractivity contribution is 0.0729. The van der Waals surface area contributed by atoms with E-state index in [0.717, 1.165) is 5.56 Å². The molecule has 1 amide bonds. The molecule has 0 aliphatic heterocycles. The molecule has 35 heavy (non-hydrogen) atoms. The molecule has 0 spiro atoms. The Morgan fingerprint density at radius 2 is 1.57 bits per heavy atom. The standard InChI is InChI=1S/C28H30N2O5/c1-6-34-23-14-10-21(11-15-23)27(32)35-24-16-7-19(17-25(24)33-5)18-29-30-26(31)20-8-12-22(13-9-20)28(2,3)4/h7-18H,6H2,1-5H3,(H,30,31)/b29-18-. The third-order valence-corrected chi connectivity index (χ3v) is 5.18. The van der Waals surface area contributed by atoms with E-state index >= 15 is 0 Å². The first-order valence-electron chi connectivity index (χ1n) is 11.3. The van der Waals surface area contributed by atoms with Gasteiger partial charge in [-0.15, -0.1) is 0 Å². The normalized spacial score (nSPS) is 11.2. The van der Waals surface area contributed by atoms with Crippen LogP contribution >= 0.6 is 0 Å². The van der Waals surface area contributed by atoms with E-state index in [2.05, 4.69) is 31.3 Å². The monoisotopic (exact) mass is 474 g/mol. The number of hydrazone groups is 1. The Morgan fingerprint density at radius 1 is 0.914 bits per heavy atom. The summed E-state index contributed by atoms with van der Waals surface area (Å²) in [5.41, 5.74) is 5.24. The van der Waals surface area contributed by atoms with Crippen molar-refractivity contribution in [1.82, 2.24) is 5.43 Å². The number of hydrogen-bond acceptors (Lipinski definition) is 6. The summed E-state index contributed by atoms with van der Waals surface area (Å²) < 4.78 is 16.2. The maximum atomic E-state index is 12.5. The number of carbonyl (C=O) groups is 2. The van der Waals surface area contributed by atoms with Gasteiger partial charge in [-0.1, -0.05) is 32.9 Å². The molecule has 0 saturated heterocycles. The minimum atomic E-state index is -0.516. The summed E-state index contributed by atoms with van der Waals surface area (Å²) in [7, 11) is 1.48. The Hall–Kier alpha value is -4.13. The molecule has 0 aromatic heterocycles. The minimum Gasteiger partial charge on any atom is -0.494 e. The molecule has 0 fully saturated rings. The summed E-state index contributed by atoms with van der Waals surface area (Å²) in [5, 5.41) is 4.03. The molecule has 0 aliphatic carbocycles. The number of hydrogen-bond donors (Lipinski definition) is 1. The van der Waals surface area contributed by atoms with Crippen LogP contribution in [0.2, 0.25) is 0 Å². The van der Waals surface area contributed by atoms with Gasteiger partial charge in [-0.25, -0.2) is 10.2 Å². The molecule has 0 bridgehead atoms. The molecule has 1 N–H and O–H groups in total. The first-order chi connectivity index (χ1) is 16.7. The number of methoxy groups -OCH3 is 1. The van der Waals surface area contributed by atoms with E-state index < -0.39 is 5.97 Å². The fraction of sp³-hybridized carbons (Fsp3) is 0.250. The van der Waals surface area contributed by atoms with Crippen LogP contribution in [0.3, 0.4) is 0 Å². The fourth-order valence-corrected chi connectivity index (χ4v) is 3.21. The van der Waals surface area contributed by atoms with Crippen molar-refractivity contribution in [3.63, 3.8) is 0 Å². The number of carbonyl (C=O) groups excluding carboxylic acids is 2. The van der Waals surface area contributed by atoms with Crippen molar-refractivity contribution < 1.29 is 23.8 Å². The van der Waals surface area contributed by atoms with E-state index in [1.165, 1.54) is 13.3 Å². The quantitative estimate of drug-likeness (QED) is 0.205. The highest BCUT2D eigenvalue weighted by atomic mass is 16.6. The Kier molecular flexibility index (Phi) is 8.25. The fourth-order valence-electron chi connectivity index (χ4n) is 3.21. The molecule has 0 aliphatic rings. The predicted molar refractivity (Wildman–Crippen MR) is 136 cm³/mol. The largest absolute Gasteiger partial charge is 0.494 e. The van der Waals surface area contributed by atoms with E-state index in [9.17, 15) is 9.59 Å². The maximum absolute atomic E-state index is 12.5. The van der Waals surface area contributed by atoms with Crippen LogP contribution in [0.15, 0.2) is 71.8 Å². The van der Waals surface area contributed by atoms with Crippen LogP contribution in [0.25, 0.3) is 0 Å². The van der Waals surface area contributed by atoms with E-state index in [-0.39, 0.29) is 17.1 Å². The van der Waals surface area contributed by atoms with Gasteiger partial charge in [0.05, 0.1) is 25.5 Å². The van der Waals surface area contributed by atoms with Crippen molar-refractivity contribution >= 4 is 18.1 Å². The lowest BCUT2D eigenvalue weighted by Crippen LogP contribution is -2.18. The predicted octanol–water partition coefficient (Wildman–Crippen LogP) is 5.37. The first kappa shape index (κ1) is 25.5. The third kappa shape index (κ3) is 6.93. The van der Waals surface area contributed by atoms with Crippen LogP contribution in [-0.2, 0) is 5.41 Å². The number of nitrogens with zero attached hydrogens (tertiary/aromatic N) is 1. The Morgan fingerprint density at radius 3 is 2.17 bits per heavy atom. The first-order valence-corrected chi connectivity index (χ1v) is 11.3. The number of benzene rings is 3. The molecule has 0 atom stereocenters. The highest BCUT2D eigenvalue weighted by Crippen LogP contribution is 2.28. The Balaban J connectivity index is 1.63. The second kappa shape index (κ2) is 11.3. The molecule has 3 aromatic rings. The molecule has 182 valence electrons. The number of nitrogens with one attached hydrogen (secondary N) is 1. The molecule has 0 radical (unpaired) electrons. The molecule has 0 saturated carbocycles. The SMILES string of the molecule is CCOc1ccc(C(=O)Oc2ccc(/C=N\NC(=O)c3ccc(C(C)(C)C)cc3)cc2OC)cc1. The van der Waals surface area contributed by atoms with E-state index in [0.29, 0.717) is 34.8 Å². The molecular weight excluding hydrogens is 444 g/mol. The van der Waals surface area contributed by atoms with Crippen LogP contribution in [0.4, 0.5) is 0 Å². The van der Waals surface area contributed by atoms with Gasteiger partial charge < -0.3 is 14.2 Å². The van der Waals surface area contributed by atoms with Gasteiger partial charge in [-0.2, -0.15) is 5.10 Å². The van der Waals surface area contributed by atoms with Crippen LogP contribution < -0.4 is 19.6 Å². The van der Waals surface area contributed by atoms with Crippen LogP contribution in [0, 0.1) is 0 Å². The van der Waals surface area contributed by atoms with Gasteiger partial charge in [0.15, 0.2) is 11.5 Å². The topological polar surface area (TPSA) is 86.2 Å². The highest BCUT2D eigenvalue weighted by Gasteiger charge is 2.15. The summed E-state index contributed by atoms with van der Waals surface area (Å²) in [4.78, 5) is 24.9. The number of esters is 1. The average Bonchev–Trinajstić information content (AvgIpc) is 2.85. The number of ether oxygens (including phenoxy) is 3. The zero-order chi connectivity index (χ0) is 25.4. The molecule has 7 nitrogen and oxygen atoms in total. The van der Waals surface area contributed by atoms with Gasteiger partial charge >= 0.3 is 5.97 Å². The molecule has 0 heterocycles. The molecule has 7 heteroatoms. The Labute approximate surface area is 205 Å². The van der Waals surface area contributed by atoms with Gasteiger partial charge in [0.2, 0.25) is 0 Å². The van der Waals surface area contributed by atoms with Gasteiger partial charge in [0.25, 0.3) is 5.91 Å². The van der Waals surface area contributed by atoms with Gasteiger partial charge in [0, 0.05) is 5.56 Å². The van der Waals surface area contributed by atoms with E-state index in [1.807, 2.05) is 19.1 Å².